The first-order valence-corrected chi connectivity index (χ1v) is 9.22. The molecule has 3 atom stereocenters. The largest absolute Gasteiger partial charge is 0.347 e. The predicted molar refractivity (Wildman–Crippen MR) is 83.3 cm³/mol. The van der Waals surface area contributed by atoms with E-state index in [4.69, 9.17) is 4.52 Å². The van der Waals surface area contributed by atoms with E-state index in [9.17, 15) is 0 Å². The summed E-state index contributed by atoms with van der Waals surface area (Å²) in [6.07, 6.45) is 2.54. The molecule has 2 aromatic heterocycles. The van der Waals surface area contributed by atoms with Crippen LogP contribution in [-0.4, -0.2) is 36.9 Å². The van der Waals surface area contributed by atoms with Gasteiger partial charge < -0.3 is 9.51 Å². The van der Waals surface area contributed by atoms with E-state index in [1.807, 2.05) is 23.5 Å². The SMILES string of the molecule is CC1SCCSC1c1noc(C2Cc3nc[nH]c3CN2)n1. The van der Waals surface area contributed by atoms with E-state index in [0.717, 1.165) is 35.9 Å². The normalized spacial score (nSPS) is 29.3. The van der Waals surface area contributed by atoms with Crippen LogP contribution in [0.5, 0.6) is 0 Å². The highest BCUT2D eigenvalue weighted by molar-refractivity contribution is 8.06. The van der Waals surface area contributed by atoms with Gasteiger partial charge in [-0.3, -0.25) is 5.32 Å². The Morgan fingerprint density at radius 1 is 1.33 bits per heavy atom. The van der Waals surface area contributed by atoms with Crippen molar-refractivity contribution in [3.63, 3.8) is 0 Å². The molecule has 3 unspecified atom stereocenters. The van der Waals surface area contributed by atoms with E-state index in [1.165, 1.54) is 5.75 Å². The van der Waals surface area contributed by atoms with Gasteiger partial charge in [0.25, 0.3) is 0 Å². The van der Waals surface area contributed by atoms with Crippen LogP contribution < -0.4 is 5.32 Å². The molecule has 0 spiro atoms. The van der Waals surface area contributed by atoms with Crippen molar-refractivity contribution >= 4 is 23.5 Å². The highest BCUT2D eigenvalue weighted by Crippen LogP contribution is 2.41. The van der Waals surface area contributed by atoms with E-state index >= 15 is 0 Å². The second-order valence-corrected chi connectivity index (χ2v) is 8.06. The van der Waals surface area contributed by atoms with Gasteiger partial charge in [-0.15, -0.1) is 11.8 Å². The predicted octanol–water partition coefficient (Wildman–Crippen LogP) is 2.09. The summed E-state index contributed by atoms with van der Waals surface area (Å²) in [4.78, 5) is 12.1. The highest BCUT2D eigenvalue weighted by atomic mass is 32.2. The maximum Gasteiger partial charge on any atom is 0.244 e. The Hall–Kier alpha value is -0.990. The molecule has 0 radical (unpaired) electrons. The van der Waals surface area contributed by atoms with Crippen molar-refractivity contribution in [2.45, 2.75) is 36.4 Å². The first-order valence-electron chi connectivity index (χ1n) is 7.12. The zero-order chi connectivity index (χ0) is 14.2. The summed E-state index contributed by atoms with van der Waals surface area (Å²) < 4.78 is 5.51. The Morgan fingerprint density at radius 3 is 3.14 bits per heavy atom. The Balaban J connectivity index is 1.52. The zero-order valence-corrected chi connectivity index (χ0v) is 13.3. The van der Waals surface area contributed by atoms with E-state index in [0.29, 0.717) is 16.4 Å². The Kier molecular flexibility index (Phi) is 3.68. The molecule has 2 aromatic rings. The number of aromatic nitrogens is 4. The van der Waals surface area contributed by atoms with Gasteiger partial charge in [0.2, 0.25) is 5.89 Å². The number of rotatable bonds is 2. The summed E-state index contributed by atoms with van der Waals surface area (Å²) in [7, 11) is 0. The Bertz CT molecular complexity index is 628. The fraction of sp³-hybridized carbons (Fsp3) is 0.615. The van der Waals surface area contributed by atoms with Gasteiger partial charge in [-0.25, -0.2) is 4.98 Å². The minimum absolute atomic E-state index is 0.0681. The number of fused-ring (bicyclic) bond motifs is 1. The quantitative estimate of drug-likeness (QED) is 0.876. The lowest BCUT2D eigenvalue weighted by Crippen LogP contribution is -2.29. The molecule has 1 fully saturated rings. The van der Waals surface area contributed by atoms with E-state index in [-0.39, 0.29) is 6.04 Å². The number of H-pyrrole nitrogens is 1. The maximum atomic E-state index is 5.51. The lowest BCUT2D eigenvalue weighted by molar-refractivity contribution is 0.317. The van der Waals surface area contributed by atoms with Crippen molar-refractivity contribution in [2.24, 2.45) is 0 Å². The number of imidazole rings is 1. The van der Waals surface area contributed by atoms with Gasteiger partial charge in [-0.2, -0.15) is 16.7 Å². The van der Waals surface area contributed by atoms with Gasteiger partial charge in [0.05, 0.1) is 29.0 Å². The number of nitrogens with zero attached hydrogens (tertiary/aromatic N) is 3. The topological polar surface area (TPSA) is 79.6 Å². The molecule has 21 heavy (non-hydrogen) atoms. The average Bonchev–Trinajstić information content (AvgIpc) is 3.16. The van der Waals surface area contributed by atoms with Crippen LogP contribution in [0.3, 0.4) is 0 Å². The number of thioether (sulfide) groups is 2. The van der Waals surface area contributed by atoms with Crippen LogP contribution in [0.15, 0.2) is 10.9 Å². The standard InChI is InChI=1S/C13H17N5OS2/c1-7-11(21-3-2-20-7)12-17-13(19-18-12)9-4-8-10(5-14-9)16-6-15-8/h6-7,9,11,14H,2-5H2,1H3,(H,15,16). The van der Waals surface area contributed by atoms with Gasteiger partial charge in [-0.1, -0.05) is 12.1 Å². The molecule has 4 heterocycles. The summed E-state index contributed by atoms with van der Waals surface area (Å²) in [6.45, 7) is 3.01. The smallest absolute Gasteiger partial charge is 0.244 e. The van der Waals surface area contributed by atoms with Crippen molar-refractivity contribution in [2.75, 3.05) is 11.5 Å². The van der Waals surface area contributed by atoms with E-state index < -0.39 is 0 Å². The van der Waals surface area contributed by atoms with Crippen molar-refractivity contribution < 1.29 is 4.52 Å². The van der Waals surface area contributed by atoms with Crippen LogP contribution in [0.25, 0.3) is 0 Å². The van der Waals surface area contributed by atoms with Crippen molar-refractivity contribution in [3.05, 3.63) is 29.4 Å². The number of hydrogen-bond acceptors (Lipinski definition) is 7. The molecule has 1 saturated heterocycles. The number of aromatic amines is 1. The molecule has 8 heteroatoms. The van der Waals surface area contributed by atoms with Crippen LogP contribution in [0.1, 0.15) is 41.3 Å². The molecule has 2 N–H and O–H groups in total. The zero-order valence-electron chi connectivity index (χ0n) is 11.7. The average molecular weight is 323 g/mol. The molecule has 0 aliphatic carbocycles. The summed E-state index contributed by atoms with van der Waals surface area (Å²) in [6, 6.07) is 0.0681. The van der Waals surface area contributed by atoms with Gasteiger partial charge in [0, 0.05) is 29.7 Å². The Labute approximate surface area is 131 Å². The minimum atomic E-state index is 0.0681. The molecule has 2 aliphatic heterocycles. The molecule has 4 rings (SSSR count). The molecule has 112 valence electrons. The molecule has 2 aliphatic rings. The second kappa shape index (κ2) is 5.66. The molecule has 0 aromatic carbocycles. The minimum Gasteiger partial charge on any atom is -0.347 e. The monoisotopic (exact) mass is 323 g/mol. The summed E-state index contributed by atoms with van der Waals surface area (Å²) >= 11 is 3.92. The van der Waals surface area contributed by atoms with Crippen LogP contribution >= 0.6 is 23.5 Å². The third-order valence-electron chi connectivity index (χ3n) is 3.93. The van der Waals surface area contributed by atoms with Crippen molar-refractivity contribution in [1.29, 1.82) is 0 Å². The van der Waals surface area contributed by atoms with Gasteiger partial charge >= 0.3 is 0 Å². The van der Waals surface area contributed by atoms with E-state index in [2.05, 4.69) is 32.3 Å². The third kappa shape index (κ3) is 2.60. The lowest BCUT2D eigenvalue weighted by Gasteiger charge is -2.25. The first kappa shape index (κ1) is 13.7. The maximum absolute atomic E-state index is 5.51. The van der Waals surface area contributed by atoms with Crippen LogP contribution in [0.2, 0.25) is 0 Å². The number of hydrogen-bond donors (Lipinski definition) is 2. The molecule has 0 saturated carbocycles. The molecular weight excluding hydrogens is 306 g/mol. The molecule has 0 bridgehead atoms. The highest BCUT2D eigenvalue weighted by Gasteiger charge is 2.31. The summed E-state index contributed by atoms with van der Waals surface area (Å²) in [5.41, 5.74) is 2.24. The van der Waals surface area contributed by atoms with Crippen LogP contribution in [0, 0.1) is 0 Å². The first-order chi connectivity index (χ1) is 10.3. The second-order valence-electron chi connectivity index (χ2n) is 5.32. The lowest BCUT2D eigenvalue weighted by atomic mass is 10.1. The molecule has 0 amide bonds. The molecular formula is C13H17N5OS2. The fourth-order valence-corrected chi connectivity index (χ4v) is 5.44. The summed E-state index contributed by atoms with van der Waals surface area (Å²) in [5.74, 6) is 3.88. The summed E-state index contributed by atoms with van der Waals surface area (Å²) in [5, 5.41) is 8.52. The molecule has 6 nitrogen and oxygen atoms in total. The van der Waals surface area contributed by atoms with Gasteiger partial charge in [-0.05, 0) is 0 Å². The van der Waals surface area contributed by atoms with Crippen molar-refractivity contribution in [1.82, 2.24) is 25.4 Å². The van der Waals surface area contributed by atoms with Gasteiger partial charge in [0.1, 0.15) is 0 Å². The fourth-order valence-electron chi connectivity index (χ4n) is 2.76. The third-order valence-corrected chi connectivity index (χ3v) is 7.01. The number of nitrogens with one attached hydrogen (secondary N) is 2. The van der Waals surface area contributed by atoms with Crippen LogP contribution in [-0.2, 0) is 13.0 Å². The van der Waals surface area contributed by atoms with Gasteiger partial charge in [0.15, 0.2) is 5.82 Å². The Morgan fingerprint density at radius 2 is 2.24 bits per heavy atom. The van der Waals surface area contributed by atoms with Crippen molar-refractivity contribution in [3.8, 4) is 0 Å². The van der Waals surface area contributed by atoms with Crippen LogP contribution in [0.4, 0.5) is 0 Å². The van der Waals surface area contributed by atoms with E-state index in [1.54, 1.807) is 6.33 Å².